The number of aromatic nitrogens is 2. The van der Waals surface area contributed by atoms with Gasteiger partial charge < -0.3 is 0 Å². The van der Waals surface area contributed by atoms with Crippen molar-refractivity contribution in [2.24, 2.45) is 7.05 Å². The first-order valence-corrected chi connectivity index (χ1v) is 7.12. The Labute approximate surface area is 118 Å². The molecule has 1 fully saturated rings. The van der Waals surface area contributed by atoms with Crippen LogP contribution in [0, 0.1) is 0 Å². The van der Waals surface area contributed by atoms with E-state index in [4.69, 9.17) is 0 Å². The zero-order valence-corrected chi connectivity index (χ0v) is 12.6. The molecule has 1 saturated carbocycles. The average molecular weight is 340 g/mol. The summed E-state index contributed by atoms with van der Waals surface area (Å²) in [6, 6.07) is 0.0634. The van der Waals surface area contributed by atoms with Crippen LogP contribution in [0.3, 0.4) is 0 Å². The van der Waals surface area contributed by atoms with E-state index >= 15 is 0 Å². The van der Waals surface area contributed by atoms with Gasteiger partial charge in [-0.1, -0.05) is 6.92 Å². The molecule has 19 heavy (non-hydrogen) atoms. The lowest BCUT2D eigenvalue weighted by atomic mass is 10.3. The van der Waals surface area contributed by atoms with Gasteiger partial charge in [0.05, 0.1) is 22.4 Å². The molecule has 1 aliphatic rings. The van der Waals surface area contributed by atoms with Gasteiger partial charge in [0.1, 0.15) is 0 Å². The van der Waals surface area contributed by atoms with Crippen molar-refractivity contribution in [1.29, 1.82) is 0 Å². The minimum atomic E-state index is -4.15. The highest BCUT2D eigenvalue weighted by molar-refractivity contribution is 9.10. The normalized spacial score (nSPS) is 16.4. The summed E-state index contributed by atoms with van der Waals surface area (Å²) in [6.07, 6.45) is -1.68. The van der Waals surface area contributed by atoms with Crippen LogP contribution in [0.4, 0.5) is 13.2 Å². The number of halogens is 4. The van der Waals surface area contributed by atoms with E-state index in [-0.39, 0.29) is 12.6 Å². The molecule has 0 saturated heterocycles. The molecule has 1 aromatic heterocycles. The molecule has 0 radical (unpaired) electrons. The van der Waals surface area contributed by atoms with E-state index in [2.05, 4.69) is 21.0 Å². The van der Waals surface area contributed by atoms with E-state index in [1.165, 1.54) is 4.90 Å². The Balaban J connectivity index is 2.15. The Hall–Kier alpha value is -0.560. The maximum absolute atomic E-state index is 12.6. The molecule has 7 heteroatoms. The third kappa shape index (κ3) is 3.72. The molecule has 1 heterocycles. The van der Waals surface area contributed by atoms with Crippen LogP contribution in [0.15, 0.2) is 4.47 Å². The zero-order chi connectivity index (χ0) is 14.2. The molecule has 1 aromatic rings. The van der Waals surface area contributed by atoms with Gasteiger partial charge in [-0.15, -0.1) is 0 Å². The van der Waals surface area contributed by atoms with Crippen molar-refractivity contribution in [3.8, 4) is 0 Å². The van der Waals surface area contributed by atoms with Crippen LogP contribution >= 0.6 is 15.9 Å². The van der Waals surface area contributed by atoms with Crippen LogP contribution in [0.2, 0.25) is 0 Å². The van der Waals surface area contributed by atoms with Crippen LogP contribution in [-0.4, -0.2) is 33.4 Å². The lowest BCUT2D eigenvalue weighted by molar-refractivity contribution is -0.148. The second kappa shape index (κ2) is 5.44. The molecule has 0 bridgehead atoms. The van der Waals surface area contributed by atoms with Crippen LogP contribution in [-0.2, 0) is 20.0 Å². The Morgan fingerprint density at radius 3 is 2.47 bits per heavy atom. The highest BCUT2D eigenvalue weighted by Crippen LogP contribution is 2.33. The fourth-order valence-electron chi connectivity index (χ4n) is 2.17. The quantitative estimate of drug-likeness (QED) is 0.820. The predicted octanol–water partition coefficient (Wildman–Crippen LogP) is 3.27. The maximum atomic E-state index is 12.6. The number of aryl methyl sites for hydroxylation is 2. The van der Waals surface area contributed by atoms with Gasteiger partial charge in [0, 0.05) is 19.6 Å². The minimum Gasteiger partial charge on any atom is -0.286 e. The number of hydrogen-bond acceptors (Lipinski definition) is 2. The van der Waals surface area contributed by atoms with E-state index in [0.717, 1.165) is 35.1 Å². The highest BCUT2D eigenvalue weighted by atomic mass is 79.9. The first kappa shape index (κ1) is 14.8. The van der Waals surface area contributed by atoms with Crippen molar-refractivity contribution in [3.05, 3.63) is 15.9 Å². The second-order valence-corrected chi connectivity index (χ2v) is 5.73. The Morgan fingerprint density at radius 1 is 1.42 bits per heavy atom. The monoisotopic (exact) mass is 339 g/mol. The van der Waals surface area contributed by atoms with Crippen molar-refractivity contribution in [2.45, 2.75) is 44.9 Å². The van der Waals surface area contributed by atoms with Crippen molar-refractivity contribution in [2.75, 3.05) is 6.54 Å². The molecule has 0 N–H and O–H groups in total. The number of rotatable bonds is 5. The fourth-order valence-corrected chi connectivity index (χ4v) is 2.91. The van der Waals surface area contributed by atoms with Gasteiger partial charge in [0.25, 0.3) is 0 Å². The lowest BCUT2D eigenvalue weighted by Gasteiger charge is -2.23. The minimum absolute atomic E-state index is 0.0634. The zero-order valence-electron chi connectivity index (χ0n) is 11.0. The van der Waals surface area contributed by atoms with E-state index in [1.807, 2.05) is 6.92 Å². The summed E-state index contributed by atoms with van der Waals surface area (Å²) in [7, 11) is 1.78. The van der Waals surface area contributed by atoms with E-state index in [1.54, 1.807) is 11.7 Å². The van der Waals surface area contributed by atoms with E-state index in [9.17, 15) is 13.2 Å². The van der Waals surface area contributed by atoms with Gasteiger partial charge in [-0.05, 0) is 35.2 Å². The average Bonchev–Trinajstić information content (AvgIpc) is 3.09. The first-order chi connectivity index (χ1) is 8.81. The molecule has 0 aromatic carbocycles. The standard InChI is InChI=1S/C12H17BrF3N3/c1-3-9-11(13)10(18(2)17-9)6-19(8-4-5-8)7-12(14,15)16/h8H,3-7H2,1-2H3. The molecule has 1 aliphatic carbocycles. The summed E-state index contributed by atoms with van der Waals surface area (Å²) in [5, 5.41) is 4.32. The third-order valence-corrected chi connectivity index (χ3v) is 4.22. The topological polar surface area (TPSA) is 21.1 Å². The lowest BCUT2D eigenvalue weighted by Crippen LogP contribution is -2.36. The number of alkyl halides is 3. The molecule has 0 spiro atoms. The molecular weight excluding hydrogens is 323 g/mol. The van der Waals surface area contributed by atoms with Crippen LogP contribution < -0.4 is 0 Å². The second-order valence-electron chi connectivity index (χ2n) is 4.94. The van der Waals surface area contributed by atoms with Crippen molar-refractivity contribution in [3.63, 3.8) is 0 Å². The Morgan fingerprint density at radius 2 is 2.05 bits per heavy atom. The maximum Gasteiger partial charge on any atom is 0.401 e. The number of nitrogens with zero attached hydrogens (tertiary/aromatic N) is 3. The van der Waals surface area contributed by atoms with Gasteiger partial charge in [0.2, 0.25) is 0 Å². The van der Waals surface area contributed by atoms with Crippen LogP contribution in [0.5, 0.6) is 0 Å². The molecular formula is C12H17BrF3N3. The molecule has 0 unspecified atom stereocenters. The van der Waals surface area contributed by atoms with Gasteiger partial charge in [-0.25, -0.2) is 0 Å². The summed E-state index contributed by atoms with van der Waals surface area (Å²) in [5.41, 5.74) is 1.70. The SMILES string of the molecule is CCc1nn(C)c(CN(CC(F)(F)F)C2CC2)c1Br. The smallest absolute Gasteiger partial charge is 0.286 e. The van der Waals surface area contributed by atoms with E-state index < -0.39 is 12.7 Å². The number of hydrogen-bond donors (Lipinski definition) is 0. The van der Waals surface area contributed by atoms with Crippen LogP contribution in [0.25, 0.3) is 0 Å². The molecule has 108 valence electrons. The third-order valence-electron chi connectivity index (χ3n) is 3.30. The molecule has 0 aliphatic heterocycles. The van der Waals surface area contributed by atoms with Crippen molar-refractivity contribution < 1.29 is 13.2 Å². The summed E-state index contributed by atoms with van der Waals surface area (Å²) < 4.78 is 40.3. The first-order valence-electron chi connectivity index (χ1n) is 6.33. The molecule has 0 atom stereocenters. The van der Waals surface area contributed by atoms with Gasteiger partial charge in [-0.3, -0.25) is 9.58 Å². The van der Waals surface area contributed by atoms with Crippen molar-refractivity contribution in [1.82, 2.24) is 14.7 Å². The molecule has 0 amide bonds. The molecule has 3 nitrogen and oxygen atoms in total. The van der Waals surface area contributed by atoms with Gasteiger partial charge in [-0.2, -0.15) is 18.3 Å². The summed E-state index contributed by atoms with van der Waals surface area (Å²) in [5.74, 6) is 0. The molecule has 2 rings (SSSR count). The summed E-state index contributed by atoms with van der Waals surface area (Å²) in [4.78, 5) is 1.50. The van der Waals surface area contributed by atoms with E-state index in [0.29, 0.717) is 0 Å². The highest BCUT2D eigenvalue weighted by Gasteiger charge is 2.38. The predicted molar refractivity (Wildman–Crippen MR) is 69.8 cm³/mol. The summed E-state index contributed by atoms with van der Waals surface area (Å²) in [6.45, 7) is 1.41. The Kier molecular flexibility index (Phi) is 4.25. The Bertz CT molecular complexity index is 452. The van der Waals surface area contributed by atoms with Gasteiger partial charge in [0.15, 0.2) is 0 Å². The summed E-state index contributed by atoms with van der Waals surface area (Å²) >= 11 is 3.45. The van der Waals surface area contributed by atoms with Crippen LogP contribution in [0.1, 0.15) is 31.2 Å². The van der Waals surface area contributed by atoms with Crippen molar-refractivity contribution >= 4 is 15.9 Å². The fraction of sp³-hybridized carbons (Fsp3) is 0.750. The van der Waals surface area contributed by atoms with Gasteiger partial charge >= 0.3 is 6.18 Å². The largest absolute Gasteiger partial charge is 0.401 e.